The highest BCUT2D eigenvalue weighted by atomic mass is 79.9. The van der Waals surface area contributed by atoms with Crippen molar-refractivity contribution in [1.82, 2.24) is 15.1 Å². The molecule has 26 heavy (non-hydrogen) atoms. The van der Waals surface area contributed by atoms with Crippen molar-refractivity contribution in [3.05, 3.63) is 44.6 Å². The van der Waals surface area contributed by atoms with E-state index in [1.54, 1.807) is 23.1 Å². The fourth-order valence-electron chi connectivity index (χ4n) is 2.51. The van der Waals surface area contributed by atoms with E-state index < -0.39 is 0 Å². The molecule has 0 saturated carbocycles. The van der Waals surface area contributed by atoms with E-state index >= 15 is 0 Å². The van der Waals surface area contributed by atoms with Crippen LogP contribution >= 0.6 is 27.5 Å². The molecule has 0 atom stereocenters. The van der Waals surface area contributed by atoms with Gasteiger partial charge in [-0.05, 0) is 53.9 Å². The van der Waals surface area contributed by atoms with Gasteiger partial charge >= 0.3 is 0 Å². The molecule has 0 aliphatic rings. The van der Waals surface area contributed by atoms with E-state index in [-0.39, 0.29) is 23.4 Å². The molecule has 0 unspecified atom stereocenters. The Balaban J connectivity index is 2.20. The average molecular weight is 442 g/mol. The number of carbonyl (C=O) groups excluding carboxylic acids is 2. The van der Waals surface area contributed by atoms with Crippen molar-refractivity contribution in [2.75, 3.05) is 18.4 Å². The van der Waals surface area contributed by atoms with Crippen LogP contribution in [0.5, 0.6) is 0 Å². The number of H-pyrrole nitrogens is 1. The largest absolute Gasteiger partial charge is 0.339 e. The standard InChI is InChI=1S/C18H22BrClN4O2/c1-5-24(6-2)18(26)12-8-7-11(9-13(12)20)21-17(25)16-14(19)15(10(3)4)22-23-16/h7-10H,5-6H2,1-4H3,(H,21,25)(H,22,23). The van der Waals surface area contributed by atoms with Gasteiger partial charge in [-0.15, -0.1) is 0 Å². The van der Waals surface area contributed by atoms with Crippen molar-refractivity contribution in [2.24, 2.45) is 0 Å². The summed E-state index contributed by atoms with van der Waals surface area (Å²) >= 11 is 9.67. The molecule has 6 nitrogen and oxygen atoms in total. The lowest BCUT2D eigenvalue weighted by atomic mass is 10.1. The van der Waals surface area contributed by atoms with Gasteiger partial charge in [-0.25, -0.2) is 0 Å². The molecule has 1 heterocycles. The van der Waals surface area contributed by atoms with Crippen LogP contribution in [0.4, 0.5) is 5.69 Å². The van der Waals surface area contributed by atoms with Gasteiger partial charge in [-0.3, -0.25) is 14.7 Å². The molecule has 1 aromatic carbocycles. The minimum atomic E-state index is -0.362. The van der Waals surface area contributed by atoms with Crippen molar-refractivity contribution in [2.45, 2.75) is 33.6 Å². The molecule has 0 aliphatic heterocycles. The highest BCUT2D eigenvalue weighted by molar-refractivity contribution is 9.10. The predicted octanol–water partition coefficient (Wildman–Crippen LogP) is 4.68. The molecule has 2 amide bonds. The third-order valence-electron chi connectivity index (χ3n) is 4.03. The maximum atomic E-state index is 12.5. The molecule has 2 aromatic rings. The summed E-state index contributed by atoms with van der Waals surface area (Å²) in [7, 11) is 0. The summed E-state index contributed by atoms with van der Waals surface area (Å²) in [5, 5.41) is 9.99. The molecule has 0 aliphatic carbocycles. The van der Waals surface area contributed by atoms with Gasteiger partial charge < -0.3 is 10.2 Å². The van der Waals surface area contributed by atoms with Crippen molar-refractivity contribution in [1.29, 1.82) is 0 Å². The minimum absolute atomic E-state index is 0.130. The van der Waals surface area contributed by atoms with Crippen molar-refractivity contribution < 1.29 is 9.59 Å². The molecule has 2 rings (SSSR count). The summed E-state index contributed by atoms with van der Waals surface area (Å²) in [5.41, 5.74) is 2.04. The maximum absolute atomic E-state index is 12.5. The number of benzene rings is 1. The van der Waals surface area contributed by atoms with E-state index in [9.17, 15) is 9.59 Å². The van der Waals surface area contributed by atoms with Gasteiger partial charge in [0.1, 0.15) is 0 Å². The van der Waals surface area contributed by atoms with E-state index in [0.29, 0.717) is 33.8 Å². The van der Waals surface area contributed by atoms with Crippen molar-refractivity contribution >= 4 is 45.0 Å². The third kappa shape index (κ3) is 4.27. The summed E-state index contributed by atoms with van der Waals surface area (Å²) in [6.45, 7) is 9.05. The van der Waals surface area contributed by atoms with Crippen LogP contribution in [0.25, 0.3) is 0 Å². The maximum Gasteiger partial charge on any atom is 0.277 e. The van der Waals surface area contributed by atoms with Crippen LogP contribution in [-0.4, -0.2) is 40.0 Å². The molecule has 0 bridgehead atoms. The number of hydrogen-bond acceptors (Lipinski definition) is 3. The van der Waals surface area contributed by atoms with E-state index in [0.717, 1.165) is 5.69 Å². The highest BCUT2D eigenvalue weighted by Crippen LogP contribution is 2.27. The van der Waals surface area contributed by atoms with Crippen LogP contribution in [0.2, 0.25) is 5.02 Å². The lowest BCUT2D eigenvalue weighted by Crippen LogP contribution is -2.30. The van der Waals surface area contributed by atoms with Crippen molar-refractivity contribution in [3.63, 3.8) is 0 Å². The van der Waals surface area contributed by atoms with Crippen LogP contribution in [0.3, 0.4) is 0 Å². The summed E-state index contributed by atoms with van der Waals surface area (Å²) in [6, 6.07) is 4.85. The zero-order valence-electron chi connectivity index (χ0n) is 15.2. The fourth-order valence-corrected chi connectivity index (χ4v) is 3.59. The Kier molecular flexibility index (Phi) is 6.83. The Morgan fingerprint density at radius 1 is 1.31 bits per heavy atom. The van der Waals surface area contributed by atoms with E-state index in [2.05, 4.69) is 31.4 Å². The van der Waals surface area contributed by atoms with Gasteiger partial charge in [0.05, 0.1) is 20.8 Å². The number of rotatable bonds is 6. The molecule has 0 saturated heterocycles. The lowest BCUT2D eigenvalue weighted by molar-refractivity contribution is 0.0773. The van der Waals surface area contributed by atoms with Gasteiger partial charge in [0.15, 0.2) is 5.69 Å². The number of nitrogens with zero attached hydrogens (tertiary/aromatic N) is 2. The summed E-state index contributed by atoms with van der Waals surface area (Å²) in [5.74, 6) is -0.286. The Morgan fingerprint density at radius 2 is 1.96 bits per heavy atom. The first-order valence-corrected chi connectivity index (χ1v) is 9.61. The lowest BCUT2D eigenvalue weighted by Gasteiger charge is -2.19. The molecular formula is C18H22BrClN4O2. The Hall–Kier alpha value is -1.86. The molecule has 8 heteroatoms. The van der Waals surface area contributed by atoms with Gasteiger partial charge in [0.2, 0.25) is 0 Å². The number of aromatic amines is 1. The zero-order chi connectivity index (χ0) is 19.4. The van der Waals surface area contributed by atoms with Crippen LogP contribution in [-0.2, 0) is 0 Å². The van der Waals surface area contributed by atoms with Gasteiger partial charge in [0.25, 0.3) is 11.8 Å². The Morgan fingerprint density at radius 3 is 2.46 bits per heavy atom. The molecule has 0 spiro atoms. The monoisotopic (exact) mass is 440 g/mol. The van der Waals surface area contributed by atoms with Crippen LogP contribution in [0, 0.1) is 0 Å². The van der Waals surface area contributed by atoms with E-state index in [1.807, 2.05) is 27.7 Å². The number of halogens is 2. The molecule has 1 aromatic heterocycles. The van der Waals surface area contributed by atoms with Crippen LogP contribution in [0.15, 0.2) is 22.7 Å². The number of aromatic nitrogens is 2. The van der Waals surface area contributed by atoms with Crippen molar-refractivity contribution in [3.8, 4) is 0 Å². The summed E-state index contributed by atoms with van der Waals surface area (Å²) < 4.78 is 0.643. The number of hydrogen-bond donors (Lipinski definition) is 2. The van der Waals surface area contributed by atoms with E-state index in [1.165, 1.54) is 0 Å². The second-order valence-corrected chi connectivity index (χ2v) is 7.28. The summed E-state index contributed by atoms with van der Waals surface area (Å²) in [6.07, 6.45) is 0. The minimum Gasteiger partial charge on any atom is -0.339 e. The van der Waals surface area contributed by atoms with Gasteiger partial charge in [-0.2, -0.15) is 5.10 Å². The smallest absolute Gasteiger partial charge is 0.277 e. The average Bonchev–Trinajstić information content (AvgIpc) is 2.97. The van der Waals surface area contributed by atoms with Gasteiger partial charge in [0, 0.05) is 18.8 Å². The summed E-state index contributed by atoms with van der Waals surface area (Å²) in [4.78, 5) is 26.6. The Labute approximate surface area is 166 Å². The SMILES string of the molecule is CCN(CC)C(=O)c1ccc(NC(=O)c2n[nH]c(C(C)C)c2Br)cc1Cl. The Bertz CT molecular complexity index is 816. The topological polar surface area (TPSA) is 78.1 Å². The molecule has 140 valence electrons. The first-order chi connectivity index (χ1) is 12.3. The second kappa shape index (κ2) is 8.68. The molecule has 2 N–H and O–H groups in total. The molecule has 0 fully saturated rings. The number of nitrogens with one attached hydrogen (secondary N) is 2. The quantitative estimate of drug-likeness (QED) is 0.683. The molecule has 0 radical (unpaired) electrons. The third-order valence-corrected chi connectivity index (χ3v) is 5.15. The predicted molar refractivity (Wildman–Crippen MR) is 107 cm³/mol. The zero-order valence-corrected chi connectivity index (χ0v) is 17.5. The number of anilines is 1. The first kappa shape index (κ1) is 20.5. The fraction of sp³-hybridized carbons (Fsp3) is 0.389. The second-order valence-electron chi connectivity index (χ2n) is 6.08. The molecular weight excluding hydrogens is 420 g/mol. The first-order valence-electron chi connectivity index (χ1n) is 8.44. The van der Waals surface area contributed by atoms with Crippen LogP contribution < -0.4 is 5.32 Å². The number of carbonyl (C=O) groups is 2. The normalized spacial score (nSPS) is 10.9. The van der Waals surface area contributed by atoms with E-state index in [4.69, 9.17) is 11.6 Å². The van der Waals surface area contributed by atoms with Gasteiger partial charge in [-0.1, -0.05) is 25.4 Å². The number of amides is 2. The van der Waals surface area contributed by atoms with Crippen LogP contribution in [0.1, 0.15) is 60.2 Å². The highest BCUT2D eigenvalue weighted by Gasteiger charge is 2.20.